The first-order valence-electron chi connectivity index (χ1n) is 8.55. The maximum absolute atomic E-state index is 13.6. The average molecular weight is 364 g/mol. The first-order valence-corrected chi connectivity index (χ1v) is 9.53. The Morgan fingerprint density at radius 2 is 2.04 bits per heavy atom. The quantitative estimate of drug-likeness (QED) is 0.872. The van der Waals surface area contributed by atoms with Crippen LogP contribution in [0.5, 0.6) is 0 Å². The zero-order valence-electron chi connectivity index (χ0n) is 13.9. The molecule has 134 valence electrons. The standard InChI is InChI=1S/C18H21FN2O3S/c19-13-4-3-7-15(9-13)21(18(24)12-8-17(23)25-11-12)10-16(22)20-14-5-1-2-6-14/h3-4,7,9,12,14H,1-2,5-6,8,10-11H2,(H,20,22)/t12-/m0/s1. The van der Waals surface area contributed by atoms with Gasteiger partial charge in [-0.3, -0.25) is 14.4 Å². The summed E-state index contributed by atoms with van der Waals surface area (Å²) in [5, 5.41) is 2.93. The predicted molar refractivity (Wildman–Crippen MR) is 94.7 cm³/mol. The van der Waals surface area contributed by atoms with Crippen LogP contribution in [0, 0.1) is 11.7 Å². The van der Waals surface area contributed by atoms with Gasteiger partial charge in [-0.25, -0.2) is 4.39 Å². The number of hydrogen-bond acceptors (Lipinski definition) is 4. The molecular formula is C18H21FN2O3S. The Morgan fingerprint density at radius 1 is 1.28 bits per heavy atom. The highest BCUT2D eigenvalue weighted by atomic mass is 32.2. The molecule has 1 saturated heterocycles. The molecule has 0 aromatic heterocycles. The van der Waals surface area contributed by atoms with E-state index in [0.717, 1.165) is 37.4 Å². The number of amides is 2. The Bertz CT molecular complexity index is 676. The third-order valence-electron chi connectivity index (χ3n) is 4.62. The highest BCUT2D eigenvalue weighted by molar-refractivity contribution is 8.14. The second kappa shape index (κ2) is 7.99. The van der Waals surface area contributed by atoms with Gasteiger partial charge in [0.15, 0.2) is 5.12 Å². The summed E-state index contributed by atoms with van der Waals surface area (Å²) in [5.74, 6) is -1.07. The minimum absolute atomic E-state index is 0.0204. The molecule has 1 aliphatic heterocycles. The molecule has 25 heavy (non-hydrogen) atoms. The van der Waals surface area contributed by atoms with Gasteiger partial charge in [-0.15, -0.1) is 0 Å². The molecule has 1 atom stereocenters. The third-order valence-corrected chi connectivity index (χ3v) is 5.67. The highest BCUT2D eigenvalue weighted by Crippen LogP contribution is 2.29. The van der Waals surface area contributed by atoms with E-state index in [1.165, 1.54) is 23.1 Å². The first kappa shape index (κ1) is 17.9. The number of anilines is 1. The van der Waals surface area contributed by atoms with Crippen LogP contribution in [0.25, 0.3) is 0 Å². The van der Waals surface area contributed by atoms with E-state index in [-0.39, 0.29) is 35.9 Å². The molecule has 2 fully saturated rings. The van der Waals surface area contributed by atoms with Crippen molar-refractivity contribution in [2.24, 2.45) is 5.92 Å². The van der Waals surface area contributed by atoms with Gasteiger partial charge >= 0.3 is 0 Å². The van der Waals surface area contributed by atoms with Gasteiger partial charge in [0.05, 0.1) is 5.92 Å². The van der Waals surface area contributed by atoms with Crippen LogP contribution < -0.4 is 10.2 Å². The summed E-state index contributed by atoms with van der Waals surface area (Å²) in [6, 6.07) is 5.80. The second-order valence-corrected chi connectivity index (χ2v) is 7.61. The van der Waals surface area contributed by atoms with Crippen LogP contribution in [0.15, 0.2) is 24.3 Å². The van der Waals surface area contributed by atoms with E-state index in [4.69, 9.17) is 0 Å². The lowest BCUT2D eigenvalue weighted by molar-refractivity contribution is -0.126. The third kappa shape index (κ3) is 4.60. The number of rotatable bonds is 5. The van der Waals surface area contributed by atoms with Crippen LogP contribution in [-0.4, -0.2) is 35.3 Å². The van der Waals surface area contributed by atoms with E-state index in [9.17, 15) is 18.8 Å². The van der Waals surface area contributed by atoms with Crippen molar-refractivity contribution in [1.29, 1.82) is 0 Å². The van der Waals surface area contributed by atoms with E-state index in [2.05, 4.69) is 5.32 Å². The van der Waals surface area contributed by atoms with Crippen molar-refractivity contribution in [3.8, 4) is 0 Å². The van der Waals surface area contributed by atoms with Crippen molar-refractivity contribution >= 4 is 34.4 Å². The van der Waals surface area contributed by atoms with Gasteiger partial charge in [0, 0.05) is 23.9 Å². The summed E-state index contributed by atoms with van der Waals surface area (Å²) >= 11 is 1.13. The van der Waals surface area contributed by atoms with Gasteiger partial charge in [-0.2, -0.15) is 0 Å². The maximum atomic E-state index is 13.6. The molecule has 7 heteroatoms. The Morgan fingerprint density at radius 3 is 2.68 bits per heavy atom. The number of hydrogen-bond donors (Lipinski definition) is 1. The van der Waals surface area contributed by atoms with Crippen LogP contribution in [0.1, 0.15) is 32.1 Å². The molecule has 2 aliphatic rings. The molecule has 0 unspecified atom stereocenters. The number of halogens is 1. The number of carbonyl (C=O) groups is 3. The molecule has 3 rings (SSSR count). The van der Waals surface area contributed by atoms with Gasteiger partial charge in [-0.1, -0.05) is 30.7 Å². The predicted octanol–water partition coefficient (Wildman–Crippen LogP) is 2.50. The lowest BCUT2D eigenvalue weighted by Crippen LogP contribution is -2.45. The fraction of sp³-hybridized carbons (Fsp3) is 0.500. The minimum Gasteiger partial charge on any atom is -0.352 e. The fourth-order valence-electron chi connectivity index (χ4n) is 3.32. The number of nitrogens with one attached hydrogen (secondary N) is 1. The molecule has 1 N–H and O–H groups in total. The molecule has 1 aromatic carbocycles. The summed E-state index contributed by atoms with van der Waals surface area (Å²) in [6.07, 6.45) is 4.26. The Balaban J connectivity index is 1.75. The van der Waals surface area contributed by atoms with Gasteiger partial charge < -0.3 is 10.2 Å². The molecule has 0 spiro atoms. The SMILES string of the molecule is O=C(CN(C(=O)[C@@H]1CSC(=O)C1)c1cccc(F)c1)NC1CCCC1. The minimum atomic E-state index is -0.469. The van der Waals surface area contributed by atoms with Crippen LogP contribution in [0.4, 0.5) is 10.1 Å². The summed E-state index contributed by atoms with van der Waals surface area (Å²) < 4.78 is 13.6. The molecule has 1 heterocycles. The van der Waals surface area contributed by atoms with E-state index in [1.807, 2.05) is 0 Å². The normalized spacial score (nSPS) is 20.7. The zero-order valence-corrected chi connectivity index (χ0v) is 14.7. The van der Waals surface area contributed by atoms with Crippen LogP contribution in [0.2, 0.25) is 0 Å². The highest BCUT2D eigenvalue weighted by Gasteiger charge is 2.34. The van der Waals surface area contributed by atoms with E-state index >= 15 is 0 Å². The van der Waals surface area contributed by atoms with Gasteiger partial charge in [0.2, 0.25) is 11.8 Å². The van der Waals surface area contributed by atoms with Crippen molar-refractivity contribution in [3.05, 3.63) is 30.1 Å². The Kier molecular flexibility index (Phi) is 5.73. The van der Waals surface area contributed by atoms with Crippen molar-refractivity contribution in [2.75, 3.05) is 17.2 Å². The summed E-state index contributed by atoms with van der Waals surface area (Å²) in [7, 11) is 0. The topological polar surface area (TPSA) is 66.5 Å². The largest absolute Gasteiger partial charge is 0.352 e. The fourth-order valence-corrected chi connectivity index (χ4v) is 4.29. The van der Waals surface area contributed by atoms with Gasteiger partial charge in [0.1, 0.15) is 12.4 Å². The van der Waals surface area contributed by atoms with E-state index < -0.39 is 11.7 Å². The second-order valence-electron chi connectivity index (χ2n) is 6.54. The molecule has 0 bridgehead atoms. The molecule has 0 radical (unpaired) electrons. The monoisotopic (exact) mass is 364 g/mol. The van der Waals surface area contributed by atoms with Crippen LogP contribution >= 0.6 is 11.8 Å². The summed E-state index contributed by atoms with van der Waals surface area (Å²) in [6.45, 7) is -0.159. The Labute approximate surface area is 150 Å². The van der Waals surface area contributed by atoms with Crippen molar-refractivity contribution in [3.63, 3.8) is 0 Å². The van der Waals surface area contributed by atoms with Crippen LogP contribution in [-0.2, 0) is 14.4 Å². The van der Waals surface area contributed by atoms with Gasteiger partial charge in [0.25, 0.3) is 0 Å². The van der Waals surface area contributed by atoms with Gasteiger partial charge in [-0.05, 0) is 31.0 Å². The molecule has 5 nitrogen and oxygen atoms in total. The number of thioether (sulfide) groups is 1. The van der Waals surface area contributed by atoms with Crippen molar-refractivity contribution in [1.82, 2.24) is 5.32 Å². The summed E-state index contributed by atoms with van der Waals surface area (Å²) in [4.78, 5) is 38.0. The molecule has 2 amide bonds. The summed E-state index contributed by atoms with van der Waals surface area (Å²) in [5.41, 5.74) is 0.343. The lowest BCUT2D eigenvalue weighted by Gasteiger charge is -2.25. The maximum Gasteiger partial charge on any atom is 0.240 e. The smallest absolute Gasteiger partial charge is 0.240 e. The van der Waals surface area contributed by atoms with Crippen molar-refractivity contribution in [2.45, 2.75) is 38.1 Å². The molecule has 1 aliphatic carbocycles. The van der Waals surface area contributed by atoms with E-state index in [1.54, 1.807) is 6.07 Å². The van der Waals surface area contributed by atoms with Crippen LogP contribution in [0.3, 0.4) is 0 Å². The Hall–Kier alpha value is -1.89. The average Bonchev–Trinajstić information content (AvgIpc) is 3.23. The van der Waals surface area contributed by atoms with Crippen molar-refractivity contribution < 1.29 is 18.8 Å². The lowest BCUT2D eigenvalue weighted by atomic mass is 10.1. The molecule has 1 aromatic rings. The molecule has 1 saturated carbocycles. The number of benzene rings is 1. The number of nitrogens with zero attached hydrogens (tertiary/aromatic N) is 1. The molecular weight excluding hydrogens is 343 g/mol. The van der Waals surface area contributed by atoms with E-state index in [0.29, 0.717) is 11.4 Å². The first-order chi connectivity index (χ1) is 12.0. The zero-order chi connectivity index (χ0) is 17.8. The number of carbonyl (C=O) groups excluding carboxylic acids is 3.